The van der Waals surface area contributed by atoms with Crippen LogP contribution in [0.1, 0.15) is 5.56 Å². The van der Waals surface area contributed by atoms with Crippen LogP contribution in [-0.2, 0) is 15.7 Å². The maximum absolute atomic E-state index is 12.4. The van der Waals surface area contributed by atoms with Gasteiger partial charge in [-0.2, -0.15) is 13.2 Å². The molecule has 0 aliphatic heterocycles. The van der Waals surface area contributed by atoms with Gasteiger partial charge in [-0.15, -0.1) is 0 Å². The number of anilines is 1. The van der Waals surface area contributed by atoms with Crippen molar-refractivity contribution in [1.82, 2.24) is 15.2 Å². The molecular weight excluding hydrogens is 317 g/mol. The number of alkyl halides is 3. The van der Waals surface area contributed by atoms with Gasteiger partial charge in [-0.25, -0.2) is 9.78 Å². The quantitative estimate of drug-likeness (QED) is 0.767. The zero-order chi connectivity index (χ0) is 17.5. The Morgan fingerprint density at radius 3 is 2.52 bits per heavy atom. The number of rotatable bonds is 6. The van der Waals surface area contributed by atoms with Crippen LogP contribution >= 0.6 is 0 Å². The van der Waals surface area contributed by atoms with Crippen LogP contribution in [-0.4, -0.2) is 55.7 Å². The van der Waals surface area contributed by atoms with Crippen molar-refractivity contribution in [2.75, 3.05) is 39.1 Å². The Bertz CT molecular complexity index is 534. The van der Waals surface area contributed by atoms with E-state index in [0.717, 1.165) is 17.2 Å². The van der Waals surface area contributed by atoms with Crippen LogP contribution < -0.4 is 10.6 Å². The second-order valence-electron chi connectivity index (χ2n) is 4.53. The molecule has 0 aromatic carbocycles. The minimum Gasteiger partial charge on any atom is -0.453 e. The molecule has 0 saturated heterocycles. The summed E-state index contributed by atoms with van der Waals surface area (Å²) in [5.41, 5.74) is -0.831. The van der Waals surface area contributed by atoms with Crippen LogP contribution in [0.3, 0.4) is 0 Å². The first kappa shape index (κ1) is 18.5. The molecule has 0 radical (unpaired) electrons. The van der Waals surface area contributed by atoms with Gasteiger partial charge in [0.15, 0.2) is 0 Å². The Balaban J connectivity index is 2.29. The summed E-state index contributed by atoms with van der Waals surface area (Å²) in [7, 11) is 2.62. The van der Waals surface area contributed by atoms with Crippen molar-refractivity contribution in [2.45, 2.75) is 6.18 Å². The molecule has 0 spiro atoms. The lowest BCUT2D eigenvalue weighted by molar-refractivity contribution is -0.137. The highest BCUT2D eigenvalue weighted by Gasteiger charge is 2.30. The molecule has 0 saturated carbocycles. The number of hydrogen-bond acceptors (Lipinski definition) is 5. The molecule has 7 nitrogen and oxygen atoms in total. The Morgan fingerprint density at radius 1 is 1.30 bits per heavy atom. The monoisotopic (exact) mass is 334 g/mol. The summed E-state index contributed by atoms with van der Waals surface area (Å²) < 4.78 is 41.5. The van der Waals surface area contributed by atoms with Crippen molar-refractivity contribution in [1.29, 1.82) is 0 Å². The number of nitrogens with one attached hydrogen (secondary N) is 2. The molecule has 0 aliphatic rings. The smallest absolute Gasteiger partial charge is 0.417 e. The third-order valence-electron chi connectivity index (χ3n) is 2.71. The van der Waals surface area contributed by atoms with Crippen LogP contribution in [0.5, 0.6) is 0 Å². The van der Waals surface area contributed by atoms with Gasteiger partial charge < -0.3 is 20.3 Å². The second kappa shape index (κ2) is 8.20. The van der Waals surface area contributed by atoms with Crippen LogP contribution in [0.4, 0.5) is 23.8 Å². The van der Waals surface area contributed by atoms with Crippen LogP contribution in [0.15, 0.2) is 18.3 Å². The van der Waals surface area contributed by atoms with E-state index in [-0.39, 0.29) is 31.4 Å². The minimum atomic E-state index is -4.43. The molecule has 0 atom stereocenters. The van der Waals surface area contributed by atoms with E-state index in [9.17, 15) is 22.8 Å². The predicted molar refractivity (Wildman–Crippen MR) is 75.8 cm³/mol. The van der Waals surface area contributed by atoms with E-state index in [0.29, 0.717) is 0 Å². The molecule has 1 aromatic rings. The lowest BCUT2D eigenvalue weighted by Crippen LogP contribution is -2.39. The zero-order valence-electron chi connectivity index (χ0n) is 12.6. The van der Waals surface area contributed by atoms with E-state index in [1.165, 1.54) is 20.2 Å². The molecular formula is C13H17F3N4O3. The van der Waals surface area contributed by atoms with E-state index in [2.05, 4.69) is 20.4 Å². The first-order chi connectivity index (χ1) is 10.7. The Kier molecular flexibility index (Phi) is 6.61. The molecule has 1 rings (SSSR count). The van der Waals surface area contributed by atoms with Gasteiger partial charge in [0, 0.05) is 26.3 Å². The average Bonchev–Trinajstić information content (AvgIpc) is 2.50. The fourth-order valence-corrected chi connectivity index (χ4v) is 1.55. The van der Waals surface area contributed by atoms with Crippen molar-refractivity contribution in [3.63, 3.8) is 0 Å². The number of methoxy groups -OCH3 is 1. The predicted octanol–water partition coefficient (Wildman–Crippen LogP) is 1.33. The fraction of sp³-hybridized carbons (Fsp3) is 0.462. The first-order valence-corrected chi connectivity index (χ1v) is 6.57. The van der Waals surface area contributed by atoms with Crippen LogP contribution in [0.2, 0.25) is 0 Å². The zero-order valence-corrected chi connectivity index (χ0v) is 12.6. The van der Waals surface area contributed by atoms with Gasteiger partial charge in [0.2, 0.25) is 5.91 Å². The summed E-state index contributed by atoms with van der Waals surface area (Å²) in [6.07, 6.45) is -4.33. The highest BCUT2D eigenvalue weighted by Crippen LogP contribution is 2.28. The number of likely N-dealkylation sites (N-methyl/N-ethyl adjacent to an activating group) is 1. The number of ether oxygens (including phenoxy) is 1. The number of pyridine rings is 1. The van der Waals surface area contributed by atoms with Crippen molar-refractivity contribution < 1.29 is 27.5 Å². The number of halogens is 3. The Labute approximate surface area is 130 Å². The number of carbonyl (C=O) groups is 2. The summed E-state index contributed by atoms with van der Waals surface area (Å²) in [6.45, 7) is 0.327. The molecule has 0 fully saturated rings. The normalized spacial score (nSPS) is 10.8. The maximum Gasteiger partial charge on any atom is 0.417 e. The van der Waals surface area contributed by atoms with Gasteiger partial charge in [-0.1, -0.05) is 0 Å². The molecule has 10 heteroatoms. The van der Waals surface area contributed by atoms with Crippen molar-refractivity contribution in [3.05, 3.63) is 23.9 Å². The topological polar surface area (TPSA) is 83.6 Å². The first-order valence-electron chi connectivity index (χ1n) is 6.57. The second-order valence-corrected chi connectivity index (χ2v) is 4.53. The standard InChI is InChI=1S/C13H17F3N4O3/c1-20(12(22)23-2)8-11(21)18-6-5-17-10-4-3-9(7-19-10)13(14,15)16/h3-4,7H,5-6,8H2,1-2H3,(H,17,19)(H,18,21). The molecule has 128 valence electrons. The van der Waals surface area contributed by atoms with Gasteiger partial charge >= 0.3 is 12.3 Å². The lowest BCUT2D eigenvalue weighted by Gasteiger charge is -2.15. The number of aromatic nitrogens is 1. The third kappa shape index (κ3) is 6.41. The number of amides is 2. The SMILES string of the molecule is COC(=O)N(C)CC(=O)NCCNc1ccc(C(F)(F)F)cn1. The fourth-order valence-electron chi connectivity index (χ4n) is 1.55. The number of nitrogens with zero attached hydrogens (tertiary/aromatic N) is 2. The summed E-state index contributed by atoms with van der Waals surface area (Å²) >= 11 is 0. The highest BCUT2D eigenvalue weighted by atomic mass is 19.4. The largest absolute Gasteiger partial charge is 0.453 e. The Hall–Kier alpha value is -2.52. The minimum absolute atomic E-state index is 0.162. The van der Waals surface area contributed by atoms with Crippen molar-refractivity contribution in [2.24, 2.45) is 0 Å². The van der Waals surface area contributed by atoms with Gasteiger partial charge in [-0.3, -0.25) is 4.79 Å². The molecule has 0 aliphatic carbocycles. The van der Waals surface area contributed by atoms with Gasteiger partial charge in [0.1, 0.15) is 12.4 Å². The average molecular weight is 334 g/mol. The van der Waals surface area contributed by atoms with Crippen LogP contribution in [0, 0.1) is 0 Å². The number of carbonyl (C=O) groups excluding carboxylic acids is 2. The molecule has 2 amide bonds. The summed E-state index contributed by atoms with van der Waals surface area (Å²) in [4.78, 5) is 27.3. The van der Waals surface area contributed by atoms with E-state index < -0.39 is 17.8 Å². The van der Waals surface area contributed by atoms with E-state index in [1.54, 1.807) is 0 Å². The molecule has 0 bridgehead atoms. The van der Waals surface area contributed by atoms with Crippen molar-refractivity contribution in [3.8, 4) is 0 Å². The van der Waals surface area contributed by atoms with Gasteiger partial charge in [-0.05, 0) is 12.1 Å². The number of hydrogen-bond donors (Lipinski definition) is 2. The molecule has 2 N–H and O–H groups in total. The lowest BCUT2D eigenvalue weighted by atomic mass is 10.3. The summed E-state index contributed by atoms with van der Waals surface area (Å²) in [5.74, 6) is -0.126. The van der Waals surface area contributed by atoms with Crippen LogP contribution in [0.25, 0.3) is 0 Å². The molecule has 1 aromatic heterocycles. The highest BCUT2D eigenvalue weighted by molar-refractivity contribution is 5.82. The molecule has 1 heterocycles. The molecule has 0 unspecified atom stereocenters. The molecule has 23 heavy (non-hydrogen) atoms. The van der Waals surface area contributed by atoms with E-state index in [4.69, 9.17) is 0 Å². The Morgan fingerprint density at radius 2 is 2.00 bits per heavy atom. The van der Waals surface area contributed by atoms with Gasteiger partial charge in [0.25, 0.3) is 0 Å². The van der Waals surface area contributed by atoms with Crippen molar-refractivity contribution >= 4 is 17.8 Å². The summed E-state index contributed by atoms with van der Waals surface area (Å²) in [6, 6.07) is 2.12. The maximum atomic E-state index is 12.4. The van der Waals surface area contributed by atoms with Gasteiger partial charge in [0.05, 0.1) is 12.7 Å². The summed E-state index contributed by atoms with van der Waals surface area (Å²) in [5, 5.41) is 5.31. The van der Waals surface area contributed by atoms with E-state index in [1.807, 2.05) is 0 Å². The third-order valence-corrected chi connectivity index (χ3v) is 2.71. The van der Waals surface area contributed by atoms with E-state index >= 15 is 0 Å².